The van der Waals surface area contributed by atoms with Gasteiger partial charge in [-0.05, 0) is 37.5 Å². The number of carbonyl (C=O) groups is 1. The monoisotopic (exact) mass is 237 g/mol. The summed E-state index contributed by atoms with van der Waals surface area (Å²) in [5, 5.41) is 3.31. The minimum atomic E-state index is -0.0784. The van der Waals surface area contributed by atoms with Gasteiger partial charge in [-0.15, -0.1) is 0 Å². The van der Waals surface area contributed by atoms with Crippen LogP contribution in [0, 0.1) is 10.8 Å². The van der Waals surface area contributed by atoms with Gasteiger partial charge in [-0.3, -0.25) is 4.79 Å². The molecule has 1 amide bonds. The fourth-order valence-electron chi connectivity index (χ4n) is 3.48. The third-order valence-corrected chi connectivity index (χ3v) is 4.81. The summed E-state index contributed by atoms with van der Waals surface area (Å²) < 4.78 is 0. The summed E-state index contributed by atoms with van der Waals surface area (Å²) in [6.07, 6.45) is 9.46. The Hall–Kier alpha value is -0.530. The molecule has 2 nitrogen and oxygen atoms in total. The van der Waals surface area contributed by atoms with Gasteiger partial charge >= 0.3 is 0 Å². The van der Waals surface area contributed by atoms with Gasteiger partial charge in [-0.1, -0.05) is 40.0 Å². The summed E-state index contributed by atoms with van der Waals surface area (Å²) in [7, 11) is 0. The second kappa shape index (κ2) is 4.62. The molecule has 0 aromatic carbocycles. The molecule has 0 aromatic heterocycles. The molecular weight excluding hydrogens is 210 g/mol. The quantitative estimate of drug-likeness (QED) is 0.780. The van der Waals surface area contributed by atoms with E-state index in [4.69, 9.17) is 0 Å². The highest BCUT2D eigenvalue weighted by molar-refractivity contribution is 5.82. The first kappa shape index (κ1) is 12.9. The van der Waals surface area contributed by atoms with Crippen LogP contribution in [-0.4, -0.2) is 11.9 Å². The minimum absolute atomic E-state index is 0.0784. The number of rotatable bonds is 2. The van der Waals surface area contributed by atoms with Crippen LogP contribution >= 0.6 is 0 Å². The zero-order valence-corrected chi connectivity index (χ0v) is 11.6. The van der Waals surface area contributed by atoms with Crippen molar-refractivity contribution in [3.8, 4) is 0 Å². The molecule has 2 saturated carbocycles. The first-order valence-electron chi connectivity index (χ1n) is 7.22. The fourth-order valence-corrected chi connectivity index (χ4v) is 3.48. The standard InChI is InChI=1S/C15H27NO/c1-14(2)10-7-12(11-14)16-13(17)15(3)8-5-4-6-9-15/h12H,4-11H2,1-3H3,(H,16,17). The summed E-state index contributed by atoms with van der Waals surface area (Å²) in [4.78, 5) is 12.4. The lowest BCUT2D eigenvalue weighted by Crippen LogP contribution is -2.44. The van der Waals surface area contributed by atoms with Crippen LogP contribution in [0.3, 0.4) is 0 Å². The Labute approximate surface area is 106 Å². The second-order valence-electron chi connectivity index (χ2n) is 7.20. The molecule has 1 N–H and O–H groups in total. The molecule has 0 bridgehead atoms. The lowest BCUT2D eigenvalue weighted by molar-refractivity contribution is -0.132. The Kier molecular flexibility index (Phi) is 3.51. The van der Waals surface area contributed by atoms with E-state index in [1.54, 1.807) is 0 Å². The van der Waals surface area contributed by atoms with Crippen LogP contribution in [0.1, 0.15) is 72.1 Å². The summed E-state index contributed by atoms with van der Waals surface area (Å²) in [6.45, 7) is 6.77. The van der Waals surface area contributed by atoms with E-state index in [9.17, 15) is 4.79 Å². The first-order chi connectivity index (χ1) is 7.91. The number of hydrogen-bond donors (Lipinski definition) is 1. The van der Waals surface area contributed by atoms with Gasteiger partial charge in [0.15, 0.2) is 0 Å². The maximum absolute atomic E-state index is 12.4. The van der Waals surface area contributed by atoms with Crippen LogP contribution in [0.25, 0.3) is 0 Å². The largest absolute Gasteiger partial charge is 0.353 e. The molecule has 0 radical (unpaired) electrons. The smallest absolute Gasteiger partial charge is 0.226 e. The van der Waals surface area contributed by atoms with Crippen molar-refractivity contribution in [1.82, 2.24) is 5.32 Å². The van der Waals surface area contributed by atoms with Gasteiger partial charge in [0.05, 0.1) is 0 Å². The molecule has 1 unspecified atom stereocenters. The van der Waals surface area contributed by atoms with Crippen molar-refractivity contribution in [3.05, 3.63) is 0 Å². The predicted molar refractivity (Wildman–Crippen MR) is 70.8 cm³/mol. The predicted octanol–water partition coefficient (Wildman–Crippen LogP) is 3.65. The molecule has 2 fully saturated rings. The Balaban J connectivity index is 1.88. The Bertz CT molecular complexity index is 289. The lowest BCUT2D eigenvalue weighted by atomic mass is 9.75. The third-order valence-electron chi connectivity index (χ3n) is 4.81. The topological polar surface area (TPSA) is 29.1 Å². The molecule has 0 heterocycles. The molecule has 17 heavy (non-hydrogen) atoms. The average molecular weight is 237 g/mol. The van der Waals surface area contributed by atoms with Gasteiger partial charge in [-0.2, -0.15) is 0 Å². The van der Waals surface area contributed by atoms with E-state index >= 15 is 0 Å². The molecule has 2 rings (SSSR count). The van der Waals surface area contributed by atoms with Crippen molar-refractivity contribution in [2.24, 2.45) is 10.8 Å². The van der Waals surface area contributed by atoms with Gasteiger partial charge in [0.1, 0.15) is 0 Å². The van der Waals surface area contributed by atoms with Crippen LogP contribution < -0.4 is 5.32 Å². The number of hydrogen-bond acceptors (Lipinski definition) is 1. The number of nitrogens with one attached hydrogen (secondary N) is 1. The van der Waals surface area contributed by atoms with Gasteiger partial charge in [0, 0.05) is 11.5 Å². The fraction of sp³-hybridized carbons (Fsp3) is 0.933. The molecular formula is C15H27NO. The molecule has 2 aliphatic carbocycles. The van der Waals surface area contributed by atoms with Gasteiger partial charge in [-0.25, -0.2) is 0 Å². The van der Waals surface area contributed by atoms with Gasteiger partial charge in [0.2, 0.25) is 5.91 Å². The Morgan fingerprint density at radius 2 is 1.71 bits per heavy atom. The molecule has 0 aromatic rings. The van der Waals surface area contributed by atoms with E-state index in [0.717, 1.165) is 25.7 Å². The molecule has 1 atom stereocenters. The van der Waals surface area contributed by atoms with Gasteiger partial charge in [0.25, 0.3) is 0 Å². The van der Waals surface area contributed by atoms with E-state index < -0.39 is 0 Å². The SMILES string of the molecule is CC1(C)CCC(NC(=O)C2(C)CCCCC2)C1. The molecule has 0 aliphatic heterocycles. The van der Waals surface area contributed by atoms with E-state index in [1.807, 2.05) is 0 Å². The summed E-state index contributed by atoms with van der Waals surface area (Å²) in [5.74, 6) is 0.319. The van der Waals surface area contributed by atoms with Crippen molar-refractivity contribution in [3.63, 3.8) is 0 Å². The second-order valence-corrected chi connectivity index (χ2v) is 7.20. The number of carbonyl (C=O) groups excluding carboxylic acids is 1. The highest BCUT2D eigenvalue weighted by Gasteiger charge is 2.38. The minimum Gasteiger partial charge on any atom is -0.353 e. The Morgan fingerprint density at radius 1 is 1.06 bits per heavy atom. The van der Waals surface area contributed by atoms with Crippen LogP contribution in [0.2, 0.25) is 0 Å². The average Bonchev–Trinajstić information content (AvgIpc) is 2.59. The van der Waals surface area contributed by atoms with Crippen molar-refractivity contribution >= 4 is 5.91 Å². The highest BCUT2D eigenvalue weighted by Crippen LogP contribution is 2.39. The Morgan fingerprint density at radius 3 is 2.24 bits per heavy atom. The molecule has 0 spiro atoms. The van der Waals surface area contributed by atoms with E-state index in [0.29, 0.717) is 17.4 Å². The normalized spacial score (nSPS) is 31.1. The molecule has 0 saturated heterocycles. The molecule has 98 valence electrons. The van der Waals surface area contributed by atoms with E-state index in [2.05, 4.69) is 26.1 Å². The first-order valence-corrected chi connectivity index (χ1v) is 7.22. The third kappa shape index (κ3) is 3.02. The highest BCUT2D eigenvalue weighted by atomic mass is 16.2. The zero-order chi connectivity index (χ0) is 12.5. The molecule has 2 heteroatoms. The molecule has 2 aliphatic rings. The van der Waals surface area contributed by atoms with Crippen LogP contribution in [0.15, 0.2) is 0 Å². The summed E-state index contributed by atoms with van der Waals surface area (Å²) >= 11 is 0. The lowest BCUT2D eigenvalue weighted by Gasteiger charge is -2.33. The number of amides is 1. The van der Waals surface area contributed by atoms with E-state index in [-0.39, 0.29) is 5.41 Å². The van der Waals surface area contributed by atoms with Crippen molar-refractivity contribution in [2.75, 3.05) is 0 Å². The van der Waals surface area contributed by atoms with E-state index in [1.165, 1.54) is 25.7 Å². The maximum atomic E-state index is 12.4. The zero-order valence-electron chi connectivity index (χ0n) is 11.6. The van der Waals surface area contributed by atoms with Crippen LogP contribution in [-0.2, 0) is 4.79 Å². The van der Waals surface area contributed by atoms with Crippen molar-refractivity contribution in [2.45, 2.75) is 78.2 Å². The van der Waals surface area contributed by atoms with Crippen molar-refractivity contribution in [1.29, 1.82) is 0 Å². The van der Waals surface area contributed by atoms with Gasteiger partial charge < -0.3 is 5.32 Å². The van der Waals surface area contributed by atoms with Crippen molar-refractivity contribution < 1.29 is 4.79 Å². The van der Waals surface area contributed by atoms with Crippen LogP contribution in [0.5, 0.6) is 0 Å². The summed E-state index contributed by atoms with van der Waals surface area (Å²) in [5.41, 5.74) is 0.344. The van der Waals surface area contributed by atoms with Crippen LogP contribution in [0.4, 0.5) is 0 Å². The summed E-state index contributed by atoms with van der Waals surface area (Å²) in [6, 6.07) is 0.427. The maximum Gasteiger partial charge on any atom is 0.226 e.